The number of urea groups is 1. The number of aliphatic hydroxyl groups excluding tert-OH is 4. The minimum atomic E-state index is -5.15. The van der Waals surface area contributed by atoms with Crippen molar-refractivity contribution >= 4 is 37.6 Å². The average Bonchev–Trinajstić information content (AvgIpc) is 3.22. The van der Waals surface area contributed by atoms with Crippen molar-refractivity contribution in [2.75, 3.05) is 36.7 Å². The lowest BCUT2D eigenvalue weighted by atomic mass is 9.69. The number of nitrogens with one attached hydrogen (secondary N) is 2. The first-order valence-electron chi connectivity index (χ1n) is 18.7. The first-order valence-corrected chi connectivity index (χ1v) is 21.7. The van der Waals surface area contributed by atoms with E-state index in [0.29, 0.717) is 36.0 Å². The molecule has 2 aliphatic rings. The first kappa shape index (κ1) is 46.0. The number of amides is 2. The second-order valence-corrected chi connectivity index (χ2v) is 17.4. The molecule has 0 spiro atoms. The summed E-state index contributed by atoms with van der Waals surface area (Å²) < 4.78 is 76.0. The molecule has 0 saturated carbocycles. The summed E-state index contributed by atoms with van der Waals surface area (Å²) >= 11 is 0. The van der Waals surface area contributed by atoms with Gasteiger partial charge in [0.1, 0.15) is 18.3 Å². The molecule has 316 valence electrons. The molecule has 0 bridgehead atoms. The number of unbranched alkanes of at least 4 members (excludes halogenated alkanes) is 1. The van der Waals surface area contributed by atoms with Crippen molar-refractivity contribution in [1.82, 2.24) is 5.32 Å². The number of aliphatic hydroxyl groups is 4. The van der Waals surface area contributed by atoms with Crippen LogP contribution in [-0.2, 0) is 40.5 Å². The van der Waals surface area contributed by atoms with Crippen LogP contribution >= 0.6 is 0 Å². The van der Waals surface area contributed by atoms with Crippen LogP contribution in [-0.4, -0.2) is 111 Å². The highest BCUT2D eigenvalue weighted by Crippen LogP contribution is 2.49. The Bertz CT molecular complexity index is 2000. The maximum absolute atomic E-state index is 14.0. The summed E-state index contributed by atoms with van der Waals surface area (Å²) in [7, 11) is -5.31. The van der Waals surface area contributed by atoms with Crippen LogP contribution in [0.4, 0.5) is 16.2 Å². The van der Waals surface area contributed by atoms with E-state index in [1.807, 2.05) is 32.8 Å². The number of hydrogen-bond acceptors (Lipinski definition) is 13. The maximum atomic E-state index is 14.0. The third kappa shape index (κ3) is 11.5. The lowest BCUT2D eigenvalue weighted by molar-refractivity contribution is -0.286. The predicted octanol–water partition coefficient (Wildman–Crippen LogP) is 3.55. The standard InChI is InChI=1S/C37H49N3O12S2.C2H6O/c1-5-7-18-37(6-2)22-53(45,46)28-17-16-26(40(3)4)20-27(28)29(33(37)43)24-14-11-15-25(19-24)38-36(44)39-34-30(41)32(50-21-23-12-9-8-10-13-23)31(42)35(51-34)52-54(47,48)49;1-2-3/h8-17,19-20,29-35,41-43H,5-7,18,21-22H2,1-4H3,(H2,38,39,44)(H,47,48,49);3H,2H2,1H3/t29-,30-,31-,32+,33-,34-,35-,37-;/m1./s1. The molecule has 0 aromatic heterocycles. The van der Waals surface area contributed by atoms with Crippen LogP contribution in [0.25, 0.3) is 0 Å². The Kier molecular flexibility index (Phi) is 16.0. The zero-order valence-electron chi connectivity index (χ0n) is 32.7. The van der Waals surface area contributed by atoms with Crippen molar-refractivity contribution < 1.29 is 60.3 Å². The molecule has 3 aromatic carbocycles. The summed E-state index contributed by atoms with van der Waals surface area (Å²) in [4.78, 5) is 15.4. The Labute approximate surface area is 334 Å². The van der Waals surface area contributed by atoms with E-state index in [2.05, 4.69) is 14.8 Å². The molecule has 1 fully saturated rings. The van der Waals surface area contributed by atoms with Gasteiger partial charge in [-0.2, -0.15) is 8.42 Å². The topological polar surface area (TPSA) is 241 Å². The van der Waals surface area contributed by atoms with Gasteiger partial charge in [-0.3, -0.25) is 4.55 Å². The molecule has 0 aliphatic carbocycles. The monoisotopic (exact) mass is 837 g/mol. The predicted molar refractivity (Wildman–Crippen MR) is 213 cm³/mol. The SMILES string of the molecule is CCCC[C@]1(CC)CS(=O)(=O)c2ccc(N(C)C)cc2[C@@H](c2cccc(NC(=O)N[C@@H]3O[C@H](OS(=O)(=O)O)[C@H](O)[C@@H](OCc4ccccc4)[C@H]3O)c2)[C@H]1O.CCO. The van der Waals surface area contributed by atoms with E-state index in [0.717, 1.165) is 12.1 Å². The quantitative estimate of drug-likeness (QED) is 0.122. The molecule has 0 radical (unpaired) electrons. The smallest absolute Gasteiger partial charge is 0.397 e. The Morgan fingerprint density at radius 1 is 0.982 bits per heavy atom. The molecule has 2 heterocycles. The fourth-order valence-corrected chi connectivity index (χ4v) is 9.88. The minimum absolute atomic E-state index is 0.116. The van der Waals surface area contributed by atoms with E-state index in [9.17, 15) is 41.5 Å². The van der Waals surface area contributed by atoms with E-state index in [4.69, 9.17) is 14.6 Å². The second kappa shape index (κ2) is 19.8. The molecule has 5 rings (SSSR count). The van der Waals surface area contributed by atoms with Crippen LogP contribution in [0.1, 0.15) is 69.1 Å². The maximum Gasteiger partial charge on any atom is 0.399 e. The highest BCUT2D eigenvalue weighted by molar-refractivity contribution is 7.91. The molecule has 7 N–H and O–H groups in total. The highest BCUT2D eigenvalue weighted by Gasteiger charge is 2.50. The summed E-state index contributed by atoms with van der Waals surface area (Å²) in [5.74, 6) is -1.02. The zero-order valence-corrected chi connectivity index (χ0v) is 34.3. The summed E-state index contributed by atoms with van der Waals surface area (Å²) in [5.41, 5.74) is 1.65. The van der Waals surface area contributed by atoms with Gasteiger partial charge in [0, 0.05) is 43.4 Å². The van der Waals surface area contributed by atoms with Crippen LogP contribution in [0.15, 0.2) is 77.7 Å². The number of fused-ring (bicyclic) bond motifs is 1. The van der Waals surface area contributed by atoms with Gasteiger partial charge < -0.3 is 45.4 Å². The molecule has 3 aromatic rings. The highest BCUT2D eigenvalue weighted by atomic mass is 32.3. The second-order valence-electron chi connectivity index (χ2n) is 14.3. The van der Waals surface area contributed by atoms with Crippen molar-refractivity contribution in [3.8, 4) is 0 Å². The molecule has 2 amide bonds. The molecule has 57 heavy (non-hydrogen) atoms. The van der Waals surface area contributed by atoms with Crippen molar-refractivity contribution in [2.24, 2.45) is 5.41 Å². The molecule has 0 unspecified atom stereocenters. The van der Waals surface area contributed by atoms with Crippen LogP contribution in [0, 0.1) is 5.41 Å². The number of ether oxygens (including phenoxy) is 2. The van der Waals surface area contributed by atoms with E-state index in [1.165, 1.54) is 0 Å². The van der Waals surface area contributed by atoms with Crippen molar-refractivity contribution in [1.29, 1.82) is 0 Å². The number of hydrogen-bond donors (Lipinski definition) is 7. The van der Waals surface area contributed by atoms with Crippen molar-refractivity contribution in [2.45, 2.75) is 101 Å². The number of sulfone groups is 1. The summed E-state index contributed by atoms with van der Waals surface area (Å²) in [6.45, 7) is 5.71. The normalized spacial score (nSPS) is 26.9. The van der Waals surface area contributed by atoms with Gasteiger partial charge in [0.05, 0.1) is 23.4 Å². The van der Waals surface area contributed by atoms with Gasteiger partial charge in [0.25, 0.3) is 0 Å². The molecule has 8 atom stereocenters. The summed E-state index contributed by atoms with van der Waals surface area (Å²) in [5, 5.41) is 46.8. The fourth-order valence-electron chi connectivity index (χ4n) is 7.23. The van der Waals surface area contributed by atoms with E-state index >= 15 is 0 Å². The van der Waals surface area contributed by atoms with Gasteiger partial charge in [-0.15, -0.1) is 0 Å². The summed E-state index contributed by atoms with van der Waals surface area (Å²) in [6, 6.07) is 19.5. The van der Waals surface area contributed by atoms with E-state index < -0.39 is 74.5 Å². The van der Waals surface area contributed by atoms with Gasteiger partial charge in [0.2, 0.25) is 6.29 Å². The number of carbonyl (C=O) groups excluding carboxylic acids is 1. The van der Waals surface area contributed by atoms with Crippen LogP contribution in [0.5, 0.6) is 0 Å². The Hall–Kier alpha value is -3.69. The fraction of sp³-hybridized carbons (Fsp3) is 0.513. The van der Waals surface area contributed by atoms with Gasteiger partial charge in [0.15, 0.2) is 16.1 Å². The molecular formula is C39H55N3O13S2. The van der Waals surface area contributed by atoms with Crippen LogP contribution < -0.4 is 15.5 Å². The van der Waals surface area contributed by atoms with E-state index in [1.54, 1.807) is 79.7 Å². The first-order chi connectivity index (χ1) is 26.9. The van der Waals surface area contributed by atoms with Gasteiger partial charge in [-0.1, -0.05) is 69.2 Å². The number of nitrogens with zero attached hydrogens (tertiary/aromatic N) is 1. The average molecular weight is 838 g/mol. The molecule has 18 heteroatoms. The lowest BCUT2D eigenvalue weighted by Crippen LogP contribution is -2.64. The molecule has 1 saturated heterocycles. The van der Waals surface area contributed by atoms with Crippen LogP contribution in [0.3, 0.4) is 0 Å². The summed E-state index contributed by atoms with van der Waals surface area (Å²) in [6.07, 6.45) is -7.62. The van der Waals surface area contributed by atoms with Gasteiger partial charge in [-0.25, -0.2) is 17.4 Å². The Morgan fingerprint density at radius 2 is 1.67 bits per heavy atom. The van der Waals surface area contributed by atoms with E-state index in [-0.39, 0.29) is 29.5 Å². The Morgan fingerprint density at radius 3 is 2.28 bits per heavy atom. The minimum Gasteiger partial charge on any atom is -0.397 e. The number of carbonyl (C=O) groups is 1. The molecule has 16 nitrogen and oxygen atoms in total. The number of benzene rings is 3. The molecule has 2 aliphatic heterocycles. The third-order valence-electron chi connectivity index (χ3n) is 10.2. The van der Waals surface area contributed by atoms with Crippen molar-refractivity contribution in [3.63, 3.8) is 0 Å². The van der Waals surface area contributed by atoms with Crippen LogP contribution in [0.2, 0.25) is 0 Å². The number of anilines is 2. The van der Waals surface area contributed by atoms with Gasteiger partial charge in [-0.05, 0) is 66.8 Å². The zero-order chi connectivity index (χ0) is 42.1. The van der Waals surface area contributed by atoms with Gasteiger partial charge >= 0.3 is 16.4 Å². The molecular weight excluding hydrogens is 783 g/mol. The number of rotatable bonds is 13. The Balaban J connectivity index is 0.00000232. The third-order valence-corrected chi connectivity index (χ3v) is 12.6. The largest absolute Gasteiger partial charge is 0.399 e. The lowest BCUT2D eigenvalue weighted by Gasteiger charge is -2.41. The van der Waals surface area contributed by atoms with Crippen molar-refractivity contribution in [3.05, 3.63) is 89.5 Å².